The van der Waals surface area contributed by atoms with E-state index in [1.807, 2.05) is 11.8 Å². The molecule has 0 spiro atoms. The summed E-state index contributed by atoms with van der Waals surface area (Å²) in [6.45, 7) is 5.08. The highest BCUT2D eigenvalue weighted by Gasteiger charge is 2.53. The highest BCUT2D eigenvalue weighted by molar-refractivity contribution is 5.99. The maximum Gasteiger partial charge on any atom is 0.414 e. The van der Waals surface area contributed by atoms with Gasteiger partial charge < -0.3 is 20.2 Å². The van der Waals surface area contributed by atoms with E-state index >= 15 is 0 Å². The number of halogens is 1. The van der Waals surface area contributed by atoms with Crippen LogP contribution in [0.15, 0.2) is 23.4 Å². The van der Waals surface area contributed by atoms with Gasteiger partial charge in [-0.3, -0.25) is 9.69 Å². The fourth-order valence-electron chi connectivity index (χ4n) is 4.56. The van der Waals surface area contributed by atoms with E-state index in [4.69, 9.17) is 9.94 Å². The minimum Gasteiger partial charge on any atom is -0.442 e. The van der Waals surface area contributed by atoms with Crippen molar-refractivity contribution in [2.24, 2.45) is 16.5 Å². The first kappa shape index (κ1) is 18.5. The number of nitrogens with zero attached hydrogens (tertiary/aromatic N) is 3. The van der Waals surface area contributed by atoms with Gasteiger partial charge in [0, 0.05) is 31.3 Å². The standard InChI is InChI=1S/C19H23FN4O4/c1-11(25)21-7-14-9-24(18(26)28-14)13-3-4-16(15(20)5-13)23-8-12-6-19(2,10-23)17(12)22-27/h3-5,12,14,27H,6-10H2,1-2H3,(H,21,25)/t12?,14-,19?/m0/s1. The van der Waals surface area contributed by atoms with Crippen molar-refractivity contribution in [2.45, 2.75) is 26.4 Å². The zero-order chi connectivity index (χ0) is 20.1. The van der Waals surface area contributed by atoms with Crippen molar-refractivity contribution in [3.63, 3.8) is 0 Å². The minimum atomic E-state index is -0.557. The number of carbonyl (C=O) groups is 2. The third-order valence-electron chi connectivity index (χ3n) is 5.83. The lowest BCUT2D eigenvalue weighted by Gasteiger charge is -2.55. The van der Waals surface area contributed by atoms with E-state index in [1.165, 1.54) is 17.9 Å². The second kappa shape index (κ2) is 6.65. The van der Waals surface area contributed by atoms with E-state index in [2.05, 4.69) is 10.5 Å². The molecule has 2 N–H and O–H groups in total. The number of carbonyl (C=O) groups excluding carboxylic acids is 2. The van der Waals surface area contributed by atoms with Crippen LogP contribution >= 0.6 is 0 Å². The van der Waals surface area contributed by atoms with E-state index in [0.717, 1.165) is 12.1 Å². The summed E-state index contributed by atoms with van der Waals surface area (Å²) in [5.74, 6) is -0.471. The fraction of sp³-hybridized carbons (Fsp3) is 0.526. The minimum absolute atomic E-state index is 0.144. The number of hydrogen-bond acceptors (Lipinski definition) is 6. The van der Waals surface area contributed by atoms with Gasteiger partial charge in [-0.1, -0.05) is 12.1 Å². The van der Waals surface area contributed by atoms with Crippen LogP contribution in [0.2, 0.25) is 0 Å². The first-order chi connectivity index (χ1) is 13.3. The van der Waals surface area contributed by atoms with E-state index in [0.29, 0.717) is 24.5 Å². The largest absolute Gasteiger partial charge is 0.442 e. The molecule has 8 nitrogen and oxygen atoms in total. The molecule has 0 radical (unpaired) electrons. The Morgan fingerprint density at radius 1 is 1.46 bits per heavy atom. The molecule has 150 valence electrons. The van der Waals surface area contributed by atoms with Crippen LogP contribution in [0.3, 0.4) is 0 Å². The van der Waals surface area contributed by atoms with Gasteiger partial charge in [-0.25, -0.2) is 9.18 Å². The van der Waals surface area contributed by atoms with Crippen LogP contribution in [0.1, 0.15) is 20.3 Å². The first-order valence-corrected chi connectivity index (χ1v) is 9.30. The Labute approximate surface area is 161 Å². The van der Waals surface area contributed by atoms with E-state index < -0.39 is 18.0 Å². The molecule has 3 aliphatic heterocycles. The average molecular weight is 390 g/mol. The Balaban J connectivity index is 1.47. The molecule has 3 atom stereocenters. The number of fused-ring (bicyclic) bond motifs is 2. The smallest absolute Gasteiger partial charge is 0.414 e. The first-order valence-electron chi connectivity index (χ1n) is 9.30. The number of piperidine rings is 2. The predicted octanol–water partition coefficient (Wildman–Crippen LogP) is 1.96. The molecule has 1 aliphatic carbocycles. The molecule has 4 aliphatic rings. The third kappa shape index (κ3) is 3.04. The molecule has 3 heterocycles. The summed E-state index contributed by atoms with van der Waals surface area (Å²) < 4.78 is 20.1. The molecule has 2 bridgehead atoms. The molecule has 2 unspecified atom stereocenters. The van der Waals surface area contributed by atoms with E-state index in [9.17, 15) is 14.0 Å². The summed E-state index contributed by atoms with van der Waals surface area (Å²) in [6, 6.07) is 4.70. The van der Waals surface area contributed by atoms with Gasteiger partial charge in [-0.05, 0) is 24.6 Å². The molecule has 1 saturated carbocycles. The van der Waals surface area contributed by atoms with Crippen molar-refractivity contribution >= 4 is 29.1 Å². The molecule has 5 rings (SSSR count). The van der Waals surface area contributed by atoms with Crippen molar-refractivity contribution in [1.82, 2.24) is 5.32 Å². The topological polar surface area (TPSA) is 94.5 Å². The third-order valence-corrected chi connectivity index (χ3v) is 5.83. The van der Waals surface area contributed by atoms with Gasteiger partial charge in [0.2, 0.25) is 5.91 Å². The van der Waals surface area contributed by atoms with Gasteiger partial charge >= 0.3 is 6.09 Å². The molecule has 3 saturated heterocycles. The van der Waals surface area contributed by atoms with Gasteiger partial charge in [0.1, 0.15) is 11.9 Å². The van der Waals surface area contributed by atoms with Crippen molar-refractivity contribution < 1.29 is 23.9 Å². The van der Waals surface area contributed by atoms with E-state index in [1.54, 1.807) is 12.1 Å². The monoisotopic (exact) mass is 390 g/mol. The fourth-order valence-corrected chi connectivity index (χ4v) is 4.56. The maximum absolute atomic E-state index is 14.9. The number of rotatable bonds is 4. The Morgan fingerprint density at radius 3 is 2.89 bits per heavy atom. The highest BCUT2D eigenvalue weighted by atomic mass is 19.1. The molecule has 2 amide bonds. The van der Waals surface area contributed by atoms with Gasteiger partial charge in [0.15, 0.2) is 0 Å². The Bertz CT molecular complexity index is 860. The van der Waals surface area contributed by atoms with Crippen LogP contribution < -0.4 is 15.1 Å². The van der Waals surface area contributed by atoms with Crippen molar-refractivity contribution in [3.05, 3.63) is 24.0 Å². The SMILES string of the molecule is CC(=O)NC[C@H]1CN(c2ccc(N3CC4CC(C)(C3)C4=NO)c(F)c2)C(=O)O1. The van der Waals surface area contributed by atoms with Crippen molar-refractivity contribution in [2.75, 3.05) is 36.0 Å². The number of nitrogens with one attached hydrogen (secondary N) is 1. The number of ether oxygens (including phenoxy) is 1. The van der Waals surface area contributed by atoms with Gasteiger partial charge in [0.05, 0.1) is 30.2 Å². The molecule has 4 fully saturated rings. The maximum atomic E-state index is 14.9. The van der Waals surface area contributed by atoms with Crippen LogP contribution in [0, 0.1) is 17.2 Å². The van der Waals surface area contributed by atoms with Crippen LogP contribution in [0.4, 0.5) is 20.6 Å². The lowest BCUT2D eigenvalue weighted by atomic mass is 9.58. The van der Waals surface area contributed by atoms with Crippen molar-refractivity contribution in [3.8, 4) is 0 Å². The summed E-state index contributed by atoms with van der Waals surface area (Å²) in [7, 11) is 0. The lowest BCUT2D eigenvalue weighted by Crippen LogP contribution is -2.62. The second-order valence-corrected chi connectivity index (χ2v) is 8.02. The lowest BCUT2D eigenvalue weighted by molar-refractivity contribution is -0.119. The number of cyclic esters (lactones) is 1. The summed E-state index contributed by atoms with van der Waals surface area (Å²) in [5, 5.41) is 15.2. The van der Waals surface area contributed by atoms with Crippen LogP contribution in [0.25, 0.3) is 0 Å². The number of hydrogen-bond donors (Lipinski definition) is 2. The normalized spacial score (nSPS) is 30.2. The number of benzene rings is 1. The molecule has 0 aromatic heterocycles. The average Bonchev–Trinajstić information content (AvgIpc) is 3.00. The van der Waals surface area contributed by atoms with Crippen LogP contribution in [-0.2, 0) is 9.53 Å². The van der Waals surface area contributed by atoms with Crippen LogP contribution in [0.5, 0.6) is 0 Å². The van der Waals surface area contributed by atoms with Gasteiger partial charge in [0.25, 0.3) is 0 Å². The second-order valence-electron chi connectivity index (χ2n) is 8.02. The summed E-state index contributed by atoms with van der Waals surface area (Å²) in [6.07, 6.45) is -0.0831. The number of oxime groups is 1. The van der Waals surface area contributed by atoms with Crippen molar-refractivity contribution in [1.29, 1.82) is 0 Å². The summed E-state index contributed by atoms with van der Waals surface area (Å²) in [4.78, 5) is 26.5. The Hall–Kier alpha value is -2.84. The van der Waals surface area contributed by atoms with Gasteiger partial charge in [-0.15, -0.1) is 0 Å². The predicted molar refractivity (Wildman–Crippen MR) is 100 cm³/mol. The van der Waals surface area contributed by atoms with Gasteiger partial charge in [-0.2, -0.15) is 0 Å². The summed E-state index contributed by atoms with van der Waals surface area (Å²) in [5.41, 5.74) is 1.46. The zero-order valence-electron chi connectivity index (χ0n) is 15.8. The molecule has 9 heteroatoms. The molecule has 1 aromatic rings. The summed E-state index contributed by atoms with van der Waals surface area (Å²) >= 11 is 0. The molecular formula is C19H23FN4O4. The quantitative estimate of drug-likeness (QED) is 0.605. The van der Waals surface area contributed by atoms with Crippen LogP contribution in [-0.4, -0.2) is 55.2 Å². The molecular weight excluding hydrogens is 367 g/mol. The highest BCUT2D eigenvalue weighted by Crippen LogP contribution is 2.49. The number of amides is 2. The Kier molecular flexibility index (Phi) is 4.40. The Morgan fingerprint density at radius 2 is 2.25 bits per heavy atom. The van der Waals surface area contributed by atoms with E-state index in [-0.39, 0.29) is 30.3 Å². The zero-order valence-corrected chi connectivity index (χ0v) is 15.8. The molecule has 1 aromatic carbocycles. The number of anilines is 2. The molecule has 28 heavy (non-hydrogen) atoms.